The van der Waals surface area contributed by atoms with Crippen molar-refractivity contribution in [3.63, 3.8) is 0 Å². The average molecular weight is 297 g/mol. The number of benzene rings is 1. The maximum absolute atomic E-state index is 6.30. The minimum atomic E-state index is 0.626. The zero-order valence-electron chi connectivity index (χ0n) is 13.3. The first-order valence-corrected chi connectivity index (χ1v) is 8.64. The molecule has 0 spiro atoms. The molecule has 2 aliphatic carbocycles. The van der Waals surface area contributed by atoms with Gasteiger partial charge in [-0.2, -0.15) is 0 Å². The summed E-state index contributed by atoms with van der Waals surface area (Å²) in [6.07, 6.45) is 12.6. The summed E-state index contributed by atoms with van der Waals surface area (Å²) in [5.41, 5.74) is 8.37. The van der Waals surface area contributed by atoms with E-state index in [2.05, 4.69) is 36.4 Å². The minimum absolute atomic E-state index is 0.626. The zero-order valence-corrected chi connectivity index (χ0v) is 13.3. The highest BCUT2D eigenvalue weighted by Crippen LogP contribution is 2.40. The molecule has 2 N–H and O–H groups in total. The molecule has 0 amide bonds. The lowest BCUT2D eigenvalue weighted by Crippen LogP contribution is -2.20. The molecule has 118 valence electrons. The maximum atomic E-state index is 6.30. The highest BCUT2D eigenvalue weighted by atomic mass is 16.5. The lowest BCUT2D eigenvalue weighted by atomic mass is 9.77. The first-order valence-electron chi connectivity index (χ1n) is 8.64. The average Bonchev–Trinajstić information content (AvgIpc) is 2.52. The minimum Gasteiger partial charge on any atom is -0.493 e. The van der Waals surface area contributed by atoms with Gasteiger partial charge in [-0.05, 0) is 68.2 Å². The Morgan fingerprint density at radius 1 is 1.09 bits per heavy atom. The summed E-state index contributed by atoms with van der Waals surface area (Å²) in [4.78, 5) is 0. The van der Waals surface area contributed by atoms with Crippen LogP contribution < -0.4 is 5.73 Å². The van der Waals surface area contributed by atoms with Gasteiger partial charge in [0.05, 0.1) is 5.76 Å². The number of hydrogen-bond acceptors (Lipinski definition) is 2. The fourth-order valence-corrected chi connectivity index (χ4v) is 3.57. The Hall–Kier alpha value is -1.70. The molecule has 1 aromatic rings. The van der Waals surface area contributed by atoms with Crippen LogP contribution in [0.5, 0.6) is 0 Å². The Bertz CT molecular complexity index is 518. The molecule has 0 atom stereocenters. The zero-order chi connectivity index (χ0) is 15.2. The Kier molecular flexibility index (Phi) is 5.20. The van der Waals surface area contributed by atoms with Crippen molar-refractivity contribution in [1.82, 2.24) is 0 Å². The van der Waals surface area contributed by atoms with Gasteiger partial charge in [-0.15, -0.1) is 0 Å². The Morgan fingerprint density at radius 2 is 1.82 bits per heavy atom. The van der Waals surface area contributed by atoms with Crippen LogP contribution in [0.2, 0.25) is 0 Å². The van der Waals surface area contributed by atoms with Crippen molar-refractivity contribution in [3.8, 4) is 0 Å². The normalized spacial score (nSPS) is 25.0. The smallest absolute Gasteiger partial charge is 0.113 e. The number of ether oxygens (including phenoxy) is 1. The lowest BCUT2D eigenvalue weighted by Gasteiger charge is -2.32. The third-order valence-electron chi connectivity index (χ3n) is 5.07. The summed E-state index contributed by atoms with van der Waals surface area (Å²) in [5, 5.41) is 0. The van der Waals surface area contributed by atoms with Gasteiger partial charge < -0.3 is 10.5 Å². The molecular weight excluding hydrogens is 270 g/mol. The lowest BCUT2D eigenvalue weighted by molar-refractivity contribution is 0.135. The summed E-state index contributed by atoms with van der Waals surface area (Å²) in [5.74, 6) is 2.62. The second-order valence-corrected chi connectivity index (χ2v) is 6.59. The second-order valence-electron chi connectivity index (χ2n) is 6.59. The molecule has 1 aromatic carbocycles. The van der Waals surface area contributed by atoms with E-state index >= 15 is 0 Å². The quantitative estimate of drug-likeness (QED) is 0.783. The van der Waals surface area contributed by atoms with Gasteiger partial charge in [0.1, 0.15) is 6.61 Å². The highest BCUT2D eigenvalue weighted by molar-refractivity contribution is 5.19. The molecule has 22 heavy (non-hydrogen) atoms. The fraction of sp³-hybridized carbons (Fsp3) is 0.500. The predicted molar refractivity (Wildman–Crippen MR) is 90.9 cm³/mol. The van der Waals surface area contributed by atoms with Crippen molar-refractivity contribution in [2.75, 3.05) is 0 Å². The summed E-state index contributed by atoms with van der Waals surface area (Å²) >= 11 is 0. The number of hydrogen-bond donors (Lipinski definition) is 1. The molecule has 0 unspecified atom stereocenters. The second kappa shape index (κ2) is 7.53. The number of allylic oxidation sites excluding steroid dienone is 3. The third kappa shape index (κ3) is 3.73. The monoisotopic (exact) mass is 297 g/mol. The molecule has 0 aliphatic heterocycles. The van der Waals surface area contributed by atoms with Gasteiger partial charge in [0.25, 0.3) is 0 Å². The van der Waals surface area contributed by atoms with E-state index < -0.39 is 0 Å². The summed E-state index contributed by atoms with van der Waals surface area (Å²) < 4.78 is 6.30. The van der Waals surface area contributed by atoms with Crippen molar-refractivity contribution < 1.29 is 4.74 Å². The van der Waals surface area contributed by atoms with Crippen molar-refractivity contribution in [3.05, 3.63) is 59.5 Å². The Balaban J connectivity index is 1.62. The van der Waals surface area contributed by atoms with Gasteiger partial charge in [0.15, 0.2) is 0 Å². The molecule has 2 fully saturated rings. The Labute approximate surface area is 134 Å². The SMILES string of the molecule is N/C=C/C1CCC(C(OCc2ccccc2)=C2CCC2)CC1. The van der Waals surface area contributed by atoms with Gasteiger partial charge >= 0.3 is 0 Å². The first kappa shape index (κ1) is 15.2. The Morgan fingerprint density at radius 3 is 2.41 bits per heavy atom. The van der Waals surface area contributed by atoms with Gasteiger partial charge in [-0.3, -0.25) is 0 Å². The van der Waals surface area contributed by atoms with E-state index in [1.165, 1.54) is 56.3 Å². The summed E-state index contributed by atoms with van der Waals surface area (Å²) in [7, 11) is 0. The van der Waals surface area contributed by atoms with Crippen molar-refractivity contribution in [1.29, 1.82) is 0 Å². The molecule has 0 radical (unpaired) electrons. The third-order valence-corrected chi connectivity index (χ3v) is 5.07. The van der Waals surface area contributed by atoms with E-state index in [0.29, 0.717) is 18.4 Å². The van der Waals surface area contributed by atoms with E-state index in [4.69, 9.17) is 10.5 Å². The molecule has 0 saturated heterocycles. The van der Waals surface area contributed by atoms with Crippen LogP contribution in [0.3, 0.4) is 0 Å². The highest BCUT2D eigenvalue weighted by Gasteiger charge is 2.27. The molecule has 0 heterocycles. The van der Waals surface area contributed by atoms with Crippen LogP contribution in [0.4, 0.5) is 0 Å². The van der Waals surface area contributed by atoms with Gasteiger partial charge in [-0.1, -0.05) is 36.4 Å². The summed E-state index contributed by atoms with van der Waals surface area (Å²) in [6, 6.07) is 10.5. The van der Waals surface area contributed by atoms with Crippen molar-refractivity contribution in [2.45, 2.75) is 51.6 Å². The van der Waals surface area contributed by atoms with Crippen molar-refractivity contribution >= 4 is 0 Å². The first-order chi connectivity index (χ1) is 10.9. The molecule has 2 saturated carbocycles. The largest absolute Gasteiger partial charge is 0.493 e. The van der Waals surface area contributed by atoms with E-state index in [0.717, 1.165) is 0 Å². The molecule has 2 nitrogen and oxygen atoms in total. The molecule has 2 aliphatic rings. The molecule has 0 aromatic heterocycles. The topological polar surface area (TPSA) is 35.2 Å². The van der Waals surface area contributed by atoms with E-state index in [9.17, 15) is 0 Å². The van der Waals surface area contributed by atoms with Crippen LogP contribution in [0.15, 0.2) is 53.9 Å². The van der Waals surface area contributed by atoms with Gasteiger partial charge in [-0.25, -0.2) is 0 Å². The van der Waals surface area contributed by atoms with Crippen LogP contribution in [-0.2, 0) is 11.3 Å². The van der Waals surface area contributed by atoms with Crippen LogP contribution in [0, 0.1) is 11.8 Å². The van der Waals surface area contributed by atoms with Crippen LogP contribution in [0.25, 0.3) is 0 Å². The van der Waals surface area contributed by atoms with Crippen LogP contribution in [-0.4, -0.2) is 0 Å². The molecular formula is C20H27NO. The van der Waals surface area contributed by atoms with E-state index in [1.54, 1.807) is 11.8 Å². The molecule has 3 rings (SSSR count). The molecule has 2 heteroatoms. The van der Waals surface area contributed by atoms with Crippen LogP contribution >= 0.6 is 0 Å². The predicted octanol–water partition coefficient (Wildman–Crippen LogP) is 4.92. The number of nitrogens with two attached hydrogens (primary N) is 1. The van der Waals surface area contributed by atoms with Gasteiger partial charge in [0.2, 0.25) is 0 Å². The maximum Gasteiger partial charge on any atom is 0.113 e. The number of rotatable bonds is 5. The standard InChI is InChI=1S/C20H27NO/c21-14-13-16-9-11-19(12-10-16)20(18-7-4-8-18)22-15-17-5-2-1-3-6-17/h1-3,5-6,13-14,16,19H,4,7-12,15,21H2/b14-13+. The van der Waals surface area contributed by atoms with Gasteiger partial charge in [0, 0.05) is 5.92 Å². The van der Waals surface area contributed by atoms with E-state index in [1.807, 2.05) is 0 Å². The fourth-order valence-electron chi connectivity index (χ4n) is 3.57. The summed E-state index contributed by atoms with van der Waals surface area (Å²) in [6.45, 7) is 0.711. The molecule has 0 bridgehead atoms. The van der Waals surface area contributed by atoms with Crippen LogP contribution in [0.1, 0.15) is 50.5 Å². The van der Waals surface area contributed by atoms with E-state index in [-0.39, 0.29) is 0 Å². The van der Waals surface area contributed by atoms with Crippen molar-refractivity contribution in [2.24, 2.45) is 17.6 Å².